The van der Waals surface area contributed by atoms with Crippen molar-refractivity contribution in [2.75, 3.05) is 0 Å². The van der Waals surface area contributed by atoms with Crippen LogP contribution in [0.4, 0.5) is 0 Å². The molecule has 0 radical (unpaired) electrons. The number of carboxylic acid groups (broad SMARTS) is 2. The third-order valence-corrected chi connectivity index (χ3v) is 0. The van der Waals surface area contributed by atoms with E-state index in [0.29, 0.717) is 0 Å². The third kappa shape index (κ3) is 368. The second kappa shape index (κ2) is 22.6. The minimum atomic E-state index is -1.08. The maximum atomic E-state index is 8.89. The van der Waals surface area contributed by atoms with Gasteiger partial charge in [-0.15, -0.1) is 0 Å². The predicted molar refractivity (Wildman–Crippen MR) is 32.7 cm³/mol. The van der Waals surface area contributed by atoms with Gasteiger partial charge in [-0.1, -0.05) is 0 Å². The van der Waals surface area contributed by atoms with Crippen molar-refractivity contribution in [3.8, 4) is 0 Å². The molecule has 0 saturated heterocycles. The number of aliphatic carboxylic acids is 2. The third-order valence-electron chi connectivity index (χ3n) is 0. The van der Waals surface area contributed by atoms with E-state index in [9.17, 15) is 0 Å². The molecule has 0 bridgehead atoms. The topological polar surface area (TPSA) is 80.3 Å². The molecule has 0 aromatic heterocycles. The van der Waals surface area contributed by atoms with Crippen molar-refractivity contribution >= 4 is 35.8 Å². The van der Waals surface area contributed by atoms with Crippen LogP contribution in [0.15, 0.2) is 0 Å². The quantitative estimate of drug-likeness (QED) is 0.414. The van der Waals surface area contributed by atoms with Crippen molar-refractivity contribution in [3.63, 3.8) is 0 Å². The average Bonchev–Trinajstić information content (AvgIpc) is 1.25. The number of rotatable bonds is 0. The summed E-state index contributed by atoms with van der Waals surface area (Å²) < 4.78 is 0. The van der Waals surface area contributed by atoms with Gasteiger partial charge in [0, 0.05) is 11.9 Å². The number of hydrogen-bond acceptors (Lipinski definition) is 4. The summed E-state index contributed by atoms with van der Waals surface area (Å²) in [5, 5.41) is 17.8. The summed E-state index contributed by atoms with van der Waals surface area (Å²) >= 11 is 0. The minimum absolute atomic E-state index is 0. The molecular formula is C4H10Na2O4Sn. The molecule has 0 unspecified atom stereocenters. The van der Waals surface area contributed by atoms with Crippen LogP contribution >= 0.6 is 0 Å². The van der Waals surface area contributed by atoms with Gasteiger partial charge >= 0.3 is 83.0 Å². The Labute approximate surface area is 127 Å². The van der Waals surface area contributed by atoms with Crippen molar-refractivity contribution < 1.29 is 78.9 Å². The Kier molecular flexibility index (Phi) is 60.2. The number of carbonyl (C=O) groups excluding carboxylic acids is 2. The summed E-state index contributed by atoms with van der Waals surface area (Å²) in [6, 6.07) is 0. The summed E-state index contributed by atoms with van der Waals surface area (Å²) in [6.07, 6.45) is 0. The molecule has 0 fully saturated rings. The molecular weight excluding hydrogens is 277 g/mol. The average molecular weight is 287 g/mol. The van der Waals surface area contributed by atoms with E-state index in [1.165, 1.54) is 0 Å². The molecule has 0 atom stereocenters. The van der Waals surface area contributed by atoms with Gasteiger partial charge in [-0.25, -0.2) is 0 Å². The van der Waals surface area contributed by atoms with E-state index >= 15 is 0 Å². The Morgan fingerprint density at radius 3 is 0.909 bits per heavy atom. The summed E-state index contributed by atoms with van der Waals surface area (Å²) in [7, 11) is 0. The summed E-state index contributed by atoms with van der Waals surface area (Å²) in [5.74, 6) is -2.17. The van der Waals surface area contributed by atoms with E-state index in [2.05, 4.69) is 0 Å². The first-order valence-electron chi connectivity index (χ1n) is 1.82. The Morgan fingerprint density at radius 2 is 0.909 bits per heavy atom. The molecule has 0 aliphatic carbocycles. The molecule has 0 amide bonds. The van der Waals surface area contributed by atoms with Gasteiger partial charge in [0.25, 0.3) is 0 Å². The second-order valence-electron chi connectivity index (χ2n) is 0.983. The van der Waals surface area contributed by atoms with Crippen molar-refractivity contribution in [2.45, 2.75) is 13.8 Å². The molecule has 11 heavy (non-hydrogen) atoms. The number of carboxylic acids is 2. The molecule has 0 aromatic carbocycles. The molecule has 7 heteroatoms. The van der Waals surface area contributed by atoms with E-state index in [4.69, 9.17) is 19.8 Å². The zero-order chi connectivity index (χ0) is 7.15. The van der Waals surface area contributed by atoms with Crippen LogP contribution in [0.1, 0.15) is 13.8 Å². The molecule has 56 valence electrons. The van der Waals surface area contributed by atoms with E-state index in [1.54, 1.807) is 0 Å². The van der Waals surface area contributed by atoms with Crippen LogP contribution in [0.25, 0.3) is 0 Å². The van der Waals surface area contributed by atoms with Crippen LogP contribution in [-0.4, -0.2) is 35.8 Å². The first-order valence-corrected chi connectivity index (χ1v) is 1.82. The number of carbonyl (C=O) groups is 2. The molecule has 0 N–H and O–H groups in total. The summed E-state index contributed by atoms with van der Waals surface area (Å²) in [6.45, 7) is 1.94. The first-order chi connectivity index (χ1) is 3.46. The standard InChI is InChI=1S/2C2H4O2.2Na.Sn.4H/c2*1-2(3)4;;;;;;;/h2*1H3,(H,3,4);;;;;;;/q;;2*+1;;;;;/p-2. The zero-order valence-electron chi connectivity index (χ0n) is 6.63. The molecule has 0 aliphatic rings. The molecule has 4 nitrogen and oxygen atoms in total. The fraction of sp³-hybridized carbons (Fsp3) is 0.500. The number of hydrogen-bond donors (Lipinski definition) is 0. The SMILES string of the molecule is CC(=O)[O-].CC(=O)[O-].[Na+].[Na+].[SnH4]. The van der Waals surface area contributed by atoms with Crippen LogP contribution in [-0.2, 0) is 9.59 Å². The van der Waals surface area contributed by atoms with Crippen molar-refractivity contribution in [2.24, 2.45) is 0 Å². The van der Waals surface area contributed by atoms with Gasteiger partial charge in [0.15, 0.2) is 0 Å². The fourth-order valence-corrected chi connectivity index (χ4v) is 0. The first kappa shape index (κ1) is 29.3. The molecule has 0 spiro atoms. The van der Waals surface area contributed by atoms with Crippen LogP contribution in [0.5, 0.6) is 0 Å². The van der Waals surface area contributed by atoms with Crippen LogP contribution in [0, 0.1) is 0 Å². The van der Waals surface area contributed by atoms with Gasteiger partial charge < -0.3 is 19.8 Å². The molecule has 0 aromatic rings. The Balaban J connectivity index is -0.0000000171. The van der Waals surface area contributed by atoms with Crippen molar-refractivity contribution in [1.29, 1.82) is 0 Å². The van der Waals surface area contributed by atoms with Gasteiger partial charge in [-0.2, -0.15) is 0 Å². The van der Waals surface area contributed by atoms with E-state index in [-0.39, 0.29) is 83.0 Å². The summed E-state index contributed by atoms with van der Waals surface area (Å²) in [5.41, 5.74) is 0. The Morgan fingerprint density at radius 1 is 0.909 bits per heavy atom. The second-order valence-corrected chi connectivity index (χ2v) is 0.983. The molecule has 0 aliphatic heterocycles. The maximum absolute atomic E-state index is 8.89. The van der Waals surface area contributed by atoms with Crippen molar-refractivity contribution in [3.05, 3.63) is 0 Å². The monoisotopic (exact) mass is 288 g/mol. The Hall–Kier alpha value is 1.74. The van der Waals surface area contributed by atoms with E-state index in [1.807, 2.05) is 0 Å². The Bertz CT molecular complexity index is 78.1. The van der Waals surface area contributed by atoms with Gasteiger partial charge in [0.2, 0.25) is 0 Å². The predicted octanol–water partition coefficient (Wildman–Crippen LogP) is -9.93. The van der Waals surface area contributed by atoms with Gasteiger partial charge in [-0.3, -0.25) is 0 Å². The molecule has 0 saturated carbocycles. The van der Waals surface area contributed by atoms with Gasteiger partial charge in [0.05, 0.1) is 0 Å². The molecule has 0 rings (SSSR count). The van der Waals surface area contributed by atoms with Crippen LogP contribution in [0.3, 0.4) is 0 Å². The van der Waals surface area contributed by atoms with Gasteiger partial charge in [-0.05, 0) is 13.8 Å². The zero-order valence-corrected chi connectivity index (χ0v) is 10.6. The summed E-state index contributed by atoms with van der Waals surface area (Å²) in [4.78, 5) is 17.8. The molecule has 0 heterocycles. The van der Waals surface area contributed by atoms with Crippen molar-refractivity contribution in [1.82, 2.24) is 0 Å². The van der Waals surface area contributed by atoms with E-state index < -0.39 is 11.9 Å². The fourth-order valence-electron chi connectivity index (χ4n) is 0. The van der Waals surface area contributed by atoms with Gasteiger partial charge in [0.1, 0.15) is 0 Å². The van der Waals surface area contributed by atoms with Crippen LogP contribution in [0.2, 0.25) is 0 Å². The normalized spacial score (nSPS) is 4.55. The van der Waals surface area contributed by atoms with Crippen LogP contribution < -0.4 is 69.3 Å². The van der Waals surface area contributed by atoms with E-state index in [0.717, 1.165) is 13.8 Å².